The zero-order chi connectivity index (χ0) is 20.0. The van der Waals surface area contributed by atoms with E-state index in [2.05, 4.69) is 27.2 Å². The fraction of sp³-hybridized carbons (Fsp3) is 0.273. The van der Waals surface area contributed by atoms with E-state index >= 15 is 0 Å². The van der Waals surface area contributed by atoms with E-state index in [9.17, 15) is 5.11 Å². The van der Waals surface area contributed by atoms with E-state index in [1.54, 1.807) is 0 Å². The molecule has 1 aliphatic heterocycles. The molecule has 2 N–H and O–H groups in total. The highest BCUT2D eigenvalue weighted by molar-refractivity contribution is 5.94. The molecule has 7 heteroatoms. The van der Waals surface area contributed by atoms with Crippen LogP contribution in [0.1, 0.15) is 23.1 Å². The Morgan fingerprint density at radius 3 is 2.72 bits per heavy atom. The SMILES string of the molecule is Cc1noc(C)c1-c1ccc2nc(NCCO)n3c2c1OCC3c1ccccc1. The van der Waals surface area contributed by atoms with Gasteiger partial charge in [-0.05, 0) is 31.5 Å². The second kappa shape index (κ2) is 6.93. The van der Waals surface area contributed by atoms with E-state index in [4.69, 9.17) is 14.2 Å². The summed E-state index contributed by atoms with van der Waals surface area (Å²) in [6.45, 7) is 4.79. The maximum absolute atomic E-state index is 9.31. The lowest BCUT2D eigenvalue weighted by atomic mass is 10.00. The minimum atomic E-state index is -0.0187. The summed E-state index contributed by atoms with van der Waals surface area (Å²) in [5.41, 5.74) is 5.66. The van der Waals surface area contributed by atoms with Crippen molar-refractivity contribution in [2.24, 2.45) is 0 Å². The third kappa shape index (κ3) is 2.77. The molecule has 2 aromatic heterocycles. The summed E-state index contributed by atoms with van der Waals surface area (Å²) in [4.78, 5) is 4.79. The molecular weight excluding hydrogens is 368 g/mol. The van der Waals surface area contributed by atoms with Gasteiger partial charge in [-0.25, -0.2) is 4.98 Å². The lowest BCUT2D eigenvalue weighted by Gasteiger charge is -2.29. The van der Waals surface area contributed by atoms with E-state index in [0.29, 0.717) is 13.2 Å². The molecule has 1 unspecified atom stereocenters. The van der Waals surface area contributed by atoms with Gasteiger partial charge in [0.05, 0.1) is 29.4 Å². The number of aryl methyl sites for hydroxylation is 2. The van der Waals surface area contributed by atoms with Gasteiger partial charge >= 0.3 is 0 Å². The monoisotopic (exact) mass is 390 g/mol. The normalized spacial score (nSPS) is 15.5. The van der Waals surface area contributed by atoms with E-state index in [1.807, 2.05) is 44.2 Å². The van der Waals surface area contributed by atoms with Crippen molar-refractivity contribution in [3.05, 3.63) is 59.5 Å². The molecule has 0 bridgehead atoms. The van der Waals surface area contributed by atoms with Gasteiger partial charge in [-0.2, -0.15) is 0 Å². The summed E-state index contributed by atoms with van der Waals surface area (Å²) in [5.74, 6) is 2.27. The predicted octanol–water partition coefficient (Wildman–Crippen LogP) is 3.69. The minimum Gasteiger partial charge on any atom is -0.488 e. The van der Waals surface area contributed by atoms with Crippen molar-refractivity contribution < 1.29 is 14.4 Å². The second-order valence-electron chi connectivity index (χ2n) is 7.20. The number of rotatable bonds is 5. The van der Waals surface area contributed by atoms with Crippen molar-refractivity contribution in [3.8, 4) is 16.9 Å². The van der Waals surface area contributed by atoms with Gasteiger partial charge in [0.1, 0.15) is 17.9 Å². The van der Waals surface area contributed by atoms with Crippen LogP contribution in [0.25, 0.3) is 22.2 Å². The molecule has 2 aromatic carbocycles. The molecule has 0 saturated carbocycles. The number of nitrogens with one attached hydrogen (secondary N) is 1. The lowest BCUT2D eigenvalue weighted by Crippen LogP contribution is -2.25. The van der Waals surface area contributed by atoms with Crippen LogP contribution in [0.5, 0.6) is 5.75 Å². The number of aromatic nitrogens is 3. The number of aliphatic hydroxyl groups is 1. The van der Waals surface area contributed by atoms with Crippen molar-refractivity contribution in [2.45, 2.75) is 19.9 Å². The number of anilines is 1. The number of aliphatic hydroxyl groups excluding tert-OH is 1. The zero-order valence-electron chi connectivity index (χ0n) is 16.3. The molecule has 1 atom stereocenters. The summed E-state index contributed by atoms with van der Waals surface area (Å²) in [6, 6.07) is 14.2. The third-order valence-corrected chi connectivity index (χ3v) is 5.38. The number of ether oxygens (including phenoxy) is 1. The average molecular weight is 390 g/mol. The van der Waals surface area contributed by atoms with Gasteiger partial charge in [0, 0.05) is 12.1 Å². The maximum atomic E-state index is 9.31. The van der Waals surface area contributed by atoms with Crippen molar-refractivity contribution in [1.82, 2.24) is 14.7 Å². The Hall–Kier alpha value is -3.32. The molecule has 0 radical (unpaired) electrons. The second-order valence-corrected chi connectivity index (χ2v) is 7.20. The summed E-state index contributed by atoms with van der Waals surface area (Å²) in [7, 11) is 0. The Kier molecular flexibility index (Phi) is 4.24. The molecule has 0 fully saturated rings. The topological polar surface area (TPSA) is 85.3 Å². The summed E-state index contributed by atoms with van der Waals surface area (Å²) in [6.07, 6.45) is 0. The van der Waals surface area contributed by atoms with Gasteiger partial charge < -0.3 is 19.7 Å². The molecule has 0 amide bonds. The van der Waals surface area contributed by atoms with Gasteiger partial charge in [-0.3, -0.25) is 4.57 Å². The first-order valence-electron chi connectivity index (χ1n) is 9.69. The Morgan fingerprint density at radius 2 is 2.00 bits per heavy atom. The Bertz CT molecular complexity index is 1160. The molecule has 1 aliphatic rings. The van der Waals surface area contributed by atoms with E-state index in [-0.39, 0.29) is 12.6 Å². The number of nitrogens with zero attached hydrogens (tertiary/aromatic N) is 3. The molecular formula is C22H22N4O3. The van der Waals surface area contributed by atoms with Gasteiger partial charge in [0.25, 0.3) is 0 Å². The van der Waals surface area contributed by atoms with E-state index in [1.165, 1.54) is 0 Å². The van der Waals surface area contributed by atoms with Gasteiger partial charge in [-0.15, -0.1) is 0 Å². The van der Waals surface area contributed by atoms with Gasteiger partial charge in [0.15, 0.2) is 5.75 Å². The average Bonchev–Trinajstić information content (AvgIpc) is 3.29. The van der Waals surface area contributed by atoms with Gasteiger partial charge in [0.2, 0.25) is 5.95 Å². The molecule has 7 nitrogen and oxygen atoms in total. The number of hydrogen-bond acceptors (Lipinski definition) is 6. The zero-order valence-corrected chi connectivity index (χ0v) is 16.3. The molecule has 5 rings (SSSR count). The maximum Gasteiger partial charge on any atom is 0.204 e. The molecule has 4 aromatic rings. The van der Waals surface area contributed by atoms with Crippen molar-refractivity contribution in [3.63, 3.8) is 0 Å². The third-order valence-electron chi connectivity index (χ3n) is 5.38. The van der Waals surface area contributed by atoms with Crippen LogP contribution in [-0.4, -0.2) is 39.6 Å². The van der Waals surface area contributed by atoms with Crippen molar-refractivity contribution in [2.75, 3.05) is 25.1 Å². The first kappa shape index (κ1) is 17.8. The number of hydrogen-bond donors (Lipinski definition) is 2. The molecule has 0 saturated heterocycles. The van der Waals surface area contributed by atoms with E-state index < -0.39 is 0 Å². The van der Waals surface area contributed by atoms with Crippen molar-refractivity contribution >= 4 is 17.0 Å². The van der Waals surface area contributed by atoms with Crippen LogP contribution >= 0.6 is 0 Å². The largest absolute Gasteiger partial charge is 0.488 e. The quantitative estimate of drug-likeness (QED) is 0.541. The highest BCUT2D eigenvalue weighted by Crippen LogP contribution is 2.45. The van der Waals surface area contributed by atoms with Crippen LogP contribution in [0.3, 0.4) is 0 Å². The Labute approximate surface area is 167 Å². The minimum absolute atomic E-state index is 0.0187. The number of benzene rings is 2. The Morgan fingerprint density at radius 1 is 1.17 bits per heavy atom. The van der Waals surface area contributed by atoms with Crippen LogP contribution in [0.2, 0.25) is 0 Å². The first-order valence-corrected chi connectivity index (χ1v) is 9.69. The molecule has 0 aliphatic carbocycles. The summed E-state index contributed by atoms with van der Waals surface area (Å²) >= 11 is 0. The van der Waals surface area contributed by atoms with Crippen LogP contribution in [0.15, 0.2) is 47.0 Å². The predicted molar refractivity (Wildman–Crippen MR) is 110 cm³/mol. The van der Waals surface area contributed by atoms with Crippen molar-refractivity contribution in [1.29, 1.82) is 0 Å². The smallest absolute Gasteiger partial charge is 0.204 e. The standard InChI is InChI=1S/C22H22N4O3/c1-13-19(14(2)29-25-13)16-8-9-17-20-21(16)28-12-18(15-6-4-3-5-7-15)26(20)22(24-17)23-10-11-27/h3-9,18,27H,10-12H2,1-2H3,(H,23,24). The first-order chi connectivity index (χ1) is 14.2. The van der Waals surface area contributed by atoms with Crippen LogP contribution in [-0.2, 0) is 0 Å². The highest BCUT2D eigenvalue weighted by atomic mass is 16.5. The van der Waals surface area contributed by atoms with Crippen LogP contribution in [0, 0.1) is 13.8 Å². The van der Waals surface area contributed by atoms with E-state index in [0.717, 1.165) is 50.9 Å². The highest BCUT2D eigenvalue weighted by Gasteiger charge is 2.31. The molecule has 3 heterocycles. The lowest BCUT2D eigenvalue weighted by molar-refractivity contribution is 0.261. The molecule has 29 heavy (non-hydrogen) atoms. The Balaban J connectivity index is 1.77. The summed E-state index contributed by atoms with van der Waals surface area (Å²) < 4.78 is 13.9. The number of imidazole rings is 1. The molecule has 0 spiro atoms. The fourth-order valence-corrected chi connectivity index (χ4v) is 4.12. The summed E-state index contributed by atoms with van der Waals surface area (Å²) in [5, 5.41) is 16.7. The van der Waals surface area contributed by atoms with Crippen LogP contribution in [0.4, 0.5) is 5.95 Å². The molecule has 148 valence electrons. The fourth-order valence-electron chi connectivity index (χ4n) is 4.12. The van der Waals surface area contributed by atoms with Gasteiger partial charge in [-0.1, -0.05) is 35.5 Å². The van der Waals surface area contributed by atoms with Crippen LogP contribution < -0.4 is 10.1 Å².